The molecule has 3 rings (SSSR count). The van der Waals surface area contributed by atoms with Crippen molar-refractivity contribution < 1.29 is 4.39 Å². The molecule has 3 aromatic rings. The van der Waals surface area contributed by atoms with E-state index in [2.05, 4.69) is 10.3 Å². The van der Waals surface area contributed by atoms with Crippen LogP contribution in [0.4, 0.5) is 10.1 Å². The van der Waals surface area contributed by atoms with Gasteiger partial charge in [-0.25, -0.2) is 4.39 Å². The number of fused-ring (bicyclic) bond motifs is 1. The van der Waals surface area contributed by atoms with Gasteiger partial charge in [0, 0.05) is 17.6 Å². The standard InChI is InChI=1S/C17H15FN2/c1-12(14-6-2-8-15(18)11-14)20-16-9-3-5-13-7-4-10-19-17(13)16/h2-12,20H,1H3. The highest BCUT2D eigenvalue weighted by Gasteiger charge is 2.08. The average molecular weight is 266 g/mol. The SMILES string of the molecule is CC(Nc1cccc2cccnc12)c1cccc(F)c1. The van der Waals surface area contributed by atoms with E-state index >= 15 is 0 Å². The molecule has 0 radical (unpaired) electrons. The number of aromatic nitrogens is 1. The molecule has 0 aliphatic rings. The van der Waals surface area contributed by atoms with E-state index < -0.39 is 0 Å². The van der Waals surface area contributed by atoms with Crippen LogP contribution in [0.2, 0.25) is 0 Å². The Morgan fingerprint density at radius 3 is 2.70 bits per heavy atom. The van der Waals surface area contributed by atoms with Crippen LogP contribution in [0.5, 0.6) is 0 Å². The van der Waals surface area contributed by atoms with Crippen LogP contribution in [0.3, 0.4) is 0 Å². The summed E-state index contributed by atoms with van der Waals surface area (Å²) >= 11 is 0. The van der Waals surface area contributed by atoms with E-state index in [0.29, 0.717) is 0 Å². The zero-order valence-corrected chi connectivity index (χ0v) is 11.2. The lowest BCUT2D eigenvalue weighted by atomic mass is 10.1. The molecular weight excluding hydrogens is 251 g/mol. The van der Waals surface area contributed by atoms with Crippen LogP contribution in [-0.4, -0.2) is 4.98 Å². The minimum Gasteiger partial charge on any atom is -0.377 e. The van der Waals surface area contributed by atoms with Gasteiger partial charge in [0.05, 0.1) is 11.2 Å². The molecule has 0 fully saturated rings. The highest BCUT2D eigenvalue weighted by Crippen LogP contribution is 2.25. The van der Waals surface area contributed by atoms with Crippen molar-refractivity contribution in [1.82, 2.24) is 4.98 Å². The Balaban J connectivity index is 1.93. The molecule has 20 heavy (non-hydrogen) atoms. The number of hydrogen-bond donors (Lipinski definition) is 1. The van der Waals surface area contributed by atoms with Gasteiger partial charge < -0.3 is 5.32 Å². The van der Waals surface area contributed by atoms with Gasteiger partial charge in [-0.05, 0) is 36.8 Å². The van der Waals surface area contributed by atoms with Crippen molar-refractivity contribution in [1.29, 1.82) is 0 Å². The summed E-state index contributed by atoms with van der Waals surface area (Å²) in [4.78, 5) is 4.41. The van der Waals surface area contributed by atoms with Gasteiger partial charge in [0.25, 0.3) is 0 Å². The maximum Gasteiger partial charge on any atom is 0.123 e. The predicted octanol–water partition coefficient (Wildman–Crippen LogP) is 4.55. The average Bonchev–Trinajstić information content (AvgIpc) is 2.47. The first-order chi connectivity index (χ1) is 9.74. The van der Waals surface area contributed by atoms with E-state index in [1.54, 1.807) is 18.3 Å². The van der Waals surface area contributed by atoms with Crippen molar-refractivity contribution in [2.24, 2.45) is 0 Å². The van der Waals surface area contributed by atoms with Crippen LogP contribution in [0.1, 0.15) is 18.5 Å². The van der Waals surface area contributed by atoms with Gasteiger partial charge in [-0.15, -0.1) is 0 Å². The summed E-state index contributed by atoms with van der Waals surface area (Å²) in [5.74, 6) is -0.216. The Morgan fingerprint density at radius 1 is 1.05 bits per heavy atom. The van der Waals surface area contributed by atoms with Crippen LogP contribution in [0.15, 0.2) is 60.8 Å². The number of nitrogens with one attached hydrogen (secondary N) is 1. The van der Waals surface area contributed by atoms with Gasteiger partial charge in [0.15, 0.2) is 0 Å². The summed E-state index contributed by atoms with van der Waals surface area (Å²) < 4.78 is 13.3. The molecule has 1 atom stereocenters. The van der Waals surface area contributed by atoms with E-state index in [-0.39, 0.29) is 11.9 Å². The molecule has 0 aliphatic carbocycles. The number of nitrogens with zero attached hydrogens (tertiary/aromatic N) is 1. The van der Waals surface area contributed by atoms with Gasteiger partial charge in [-0.1, -0.05) is 30.3 Å². The summed E-state index contributed by atoms with van der Waals surface area (Å²) in [6, 6.07) is 16.6. The fraction of sp³-hybridized carbons (Fsp3) is 0.118. The third kappa shape index (κ3) is 2.48. The lowest BCUT2D eigenvalue weighted by molar-refractivity contribution is 0.623. The van der Waals surface area contributed by atoms with Crippen LogP contribution >= 0.6 is 0 Å². The zero-order chi connectivity index (χ0) is 13.9. The highest BCUT2D eigenvalue weighted by atomic mass is 19.1. The van der Waals surface area contributed by atoms with Gasteiger partial charge in [0.2, 0.25) is 0 Å². The van der Waals surface area contributed by atoms with Crippen molar-refractivity contribution in [2.75, 3.05) is 5.32 Å². The van der Waals surface area contributed by atoms with Crippen molar-refractivity contribution in [3.63, 3.8) is 0 Å². The second-order valence-electron chi connectivity index (χ2n) is 4.80. The normalized spacial score (nSPS) is 12.3. The number of para-hydroxylation sites is 1. The number of rotatable bonds is 3. The Morgan fingerprint density at radius 2 is 1.85 bits per heavy atom. The molecule has 1 N–H and O–H groups in total. The number of halogens is 1. The molecule has 0 amide bonds. The number of pyridine rings is 1. The second kappa shape index (κ2) is 5.29. The summed E-state index contributed by atoms with van der Waals surface area (Å²) in [5, 5.41) is 4.49. The molecule has 1 unspecified atom stereocenters. The summed E-state index contributed by atoms with van der Waals surface area (Å²) in [6.07, 6.45) is 1.78. The van der Waals surface area contributed by atoms with E-state index in [1.165, 1.54) is 6.07 Å². The van der Waals surface area contributed by atoms with Crippen molar-refractivity contribution in [3.8, 4) is 0 Å². The second-order valence-corrected chi connectivity index (χ2v) is 4.80. The topological polar surface area (TPSA) is 24.9 Å². The molecule has 0 saturated carbocycles. The molecule has 2 aromatic carbocycles. The predicted molar refractivity (Wildman–Crippen MR) is 80.2 cm³/mol. The first-order valence-corrected chi connectivity index (χ1v) is 6.60. The van der Waals surface area contributed by atoms with Crippen LogP contribution in [0.25, 0.3) is 10.9 Å². The fourth-order valence-corrected chi connectivity index (χ4v) is 2.31. The Kier molecular flexibility index (Phi) is 3.33. The maximum atomic E-state index is 13.3. The van der Waals surface area contributed by atoms with Crippen LogP contribution in [0, 0.1) is 5.82 Å². The monoisotopic (exact) mass is 266 g/mol. The Labute approximate surface area is 117 Å². The summed E-state index contributed by atoms with van der Waals surface area (Å²) in [7, 11) is 0. The number of benzene rings is 2. The Bertz CT molecular complexity index is 734. The van der Waals surface area contributed by atoms with Crippen LogP contribution in [-0.2, 0) is 0 Å². The first kappa shape index (κ1) is 12.6. The minimum absolute atomic E-state index is 0.0123. The fourth-order valence-electron chi connectivity index (χ4n) is 2.31. The van der Waals surface area contributed by atoms with Crippen LogP contribution < -0.4 is 5.32 Å². The third-order valence-electron chi connectivity index (χ3n) is 3.35. The quantitative estimate of drug-likeness (QED) is 0.752. The molecule has 3 heteroatoms. The maximum absolute atomic E-state index is 13.3. The van der Waals surface area contributed by atoms with E-state index in [0.717, 1.165) is 22.2 Å². The molecular formula is C17H15FN2. The molecule has 0 bridgehead atoms. The lowest BCUT2D eigenvalue weighted by Crippen LogP contribution is -2.07. The van der Waals surface area contributed by atoms with Gasteiger partial charge in [0.1, 0.15) is 5.82 Å². The van der Waals surface area contributed by atoms with Crippen molar-refractivity contribution in [2.45, 2.75) is 13.0 Å². The minimum atomic E-state index is -0.216. The lowest BCUT2D eigenvalue weighted by Gasteiger charge is -2.17. The molecule has 0 saturated heterocycles. The van der Waals surface area contributed by atoms with E-state index in [4.69, 9.17) is 0 Å². The number of anilines is 1. The first-order valence-electron chi connectivity index (χ1n) is 6.60. The van der Waals surface area contributed by atoms with Gasteiger partial charge in [-0.2, -0.15) is 0 Å². The van der Waals surface area contributed by atoms with Crippen molar-refractivity contribution >= 4 is 16.6 Å². The molecule has 2 nitrogen and oxygen atoms in total. The zero-order valence-electron chi connectivity index (χ0n) is 11.2. The molecule has 0 aliphatic heterocycles. The summed E-state index contributed by atoms with van der Waals surface area (Å²) in [5.41, 5.74) is 2.80. The third-order valence-corrected chi connectivity index (χ3v) is 3.35. The van der Waals surface area contributed by atoms with E-state index in [1.807, 2.05) is 43.3 Å². The summed E-state index contributed by atoms with van der Waals surface area (Å²) in [6.45, 7) is 2.01. The highest BCUT2D eigenvalue weighted by molar-refractivity contribution is 5.90. The molecule has 1 heterocycles. The Hall–Kier alpha value is -2.42. The molecule has 100 valence electrons. The van der Waals surface area contributed by atoms with Gasteiger partial charge >= 0.3 is 0 Å². The molecule has 1 aromatic heterocycles. The largest absolute Gasteiger partial charge is 0.377 e. The van der Waals surface area contributed by atoms with Crippen molar-refractivity contribution in [3.05, 3.63) is 72.2 Å². The van der Waals surface area contributed by atoms with Gasteiger partial charge in [-0.3, -0.25) is 4.98 Å². The van der Waals surface area contributed by atoms with E-state index in [9.17, 15) is 4.39 Å². The molecule has 0 spiro atoms. The number of hydrogen-bond acceptors (Lipinski definition) is 2. The smallest absolute Gasteiger partial charge is 0.123 e.